The molecular formula is C19H33NO5. The number of ether oxygens (including phenoxy) is 1. The lowest BCUT2D eigenvalue weighted by molar-refractivity contribution is -0.189. The lowest BCUT2D eigenvalue weighted by Crippen LogP contribution is -2.61. The maximum Gasteiger partial charge on any atom is 0.410 e. The van der Waals surface area contributed by atoms with Crippen molar-refractivity contribution in [2.75, 3.05) is 13.1 Å². The second kappa shape index (κ2) is 6.78. The maximum absolute atomic E-state index is 12.2. The van der Waals surface area contributed by atoms with Crippen LogP contribution >= 0.6 is 0 Å². The summed E-state index contributed by atoms with van der Waals surface area (Å²) < 4.78 is 5.39. The first-order chi connectivity index (χ1) is 11.4. The quantitative estimate of drug-likeness (QED) is 0.794. The summed E-state index contributed by atoms with van der Waals surface area (Å²) in [6.07, 6.45) is 2.14. The van der Waals surface area contributed by atoms with Gasteiger partial charge in [-0.05, 0) is 64.7 Å². The summed E-state index contributed by atoms with van der Waals surface area (Å²) >= 11 is 0. The predicted octanol–water partition coefficient (Wildman–Crippen LogP) is 3.28. The Hall–Kier alpha value is -1.30. The molecule has 0 aromatic carbocycles. The average molecular weight is 355 g/mol. The highest BCUT2D eigenvalue weighted by Crippen LogP contribution is 2.52. The molecule has 2 atom stereocenters. The van der Waals surface area contributed by atoms with Gasteiger partial charge in [0.1, 0.15) is 5.60 Å². The number of carboxylic acid groups (broad SMARTS) is 1. The first kappa shape index (κ1) is 20.0. The van der Waals surface area contributed by atoms with Gasteiger partial charge in [0.2, 0.25) is 0 Å². The Balaban J connectivity index is 2.14. The van der Waals surface area contributed by atoms with Crippen LogP contribution < -0.4 is 0 Å². The number of piperidine rings is 1. The van der Waals surface area contributed by atoms with Gasteiger partial charge in [-0.1, -0.05) is 13.8 Å². The van der Waals surface area contributed by atoms with Crippen molar-refractivity contribution in [2.24, 2.45) is 17.3 Å². The van der Waals surface area contributed by atoms with Crippen LogP contribution in [0.2, 0.25) is 0 Å². The Kier molecular flexibility index (Phi) is 5.43. The molecule has 6 nitrogen and oxygen atoms in total. The second-order valence-corrected chi connectivity index (χ2v) is 9.24. The molecule has 1 heterocycles. The summed E-state index contributed by atoms with van der Waals surface area (Å²) in [5.41, 5.74) is -2.97. The summed E-state index contributed by atoms with van der Waals surface area (Å²) in [7, 11) is 0. The molecule has 2 unspecified atom stereocenters. The van der Waals surface area contributed by atoms with Crippen molar-refractivity contribution in [1.29, 1.82) is 0 Å². The fourth-order valence-electron chi connectivity index (χ4n) is 4.74. The summed E-state index contributed by atoms with van der Waals surface area (Å²) in [4.78, 5) is 26.0. The fourth-order valence-corrected chi connectivity index (χ4v) is 4.74. The Morgan fingerprint density at radius 1 is 1.08 bits per heavy atom. The van der Waals surface area contributed by atoms with E-state index >= 15 is 0 Å². The third-order valence-corrected chi connectivity index (χ3v) is 5.74. The molecule has 25 heavy (non-hydrogen) atoms. The first-order valence-electron chi connectivity index (χ1n) is 9.32. The number of aliphatic carboxylic acids is 1. The van der Waals surface area contributed by atoms with Crippen LogP contribution in [-0.2, 0) is 9.53 Å². The number of carbonyl (C=O) groups is 2. The number of likely N-dealkylation sites (tertiary alicyclic amines) is 1. The van der Waals surface area contributed by atoms with E-state index in [1.807, 2.05) is 20.8 Å². The molecule has 0 radical (unpaired) electrons. The first-order valence-corrected chi connectivity index (χ1v) is 9.32. The molecule has 0 spiro atoms. The molecule has 2 fully saturated rings. The van der Waals surface area contributed by atoms with Gasteiger partial charge < -0.3 is 19.8 Å². The zero-order valence-electron chi connectivity index (χ0n) is 16.2. The molecule has 144 valence electrons. The van der Waals surface area contributed by atoms with Crippen LogP contribution in [0.5, 0.6) is 0 Å². The molecule has 6 heteroatoms. The van der Waals surface area contributed by atoms with Crippen molar-refractivity contribution >= 4 is 12.1 Å². The van der Waals surface area contributed by atoms with Crippen LogP contribution in [0.25, 0.3) is 0 Å². The minimum absolute atomic E-state index is 0.271. The summed E-state index contributed by atoms with van der Waals surface area (Å²) in [5.74, 6) is -0.361. The monoisotopic (exact) mass is 355 g/mol. The topological polar surface area (TPSA) is 87.1 Å². The zero-order chi connectivity index (χ0) is 19.0. The molecule has 0 aromatic rings. The van der Waals surface area contributed by atoms with Gasteiger partial charge in [0.05, 0.1) is 11.0 Å². The third kappa shape index (κ3) is 4.10. The minimum Gasteiger partial charge on any atom is -0.481 e. The highest BCUT2D eigenvalue weighted by molar-refractivity contribution is 5.77. The number of hydrogen-bond donors (Lipinski definition) is 2. The summed E-state index contributed by atoms with van der Waals surface area (Å²) in [5, 5.41) is 21.3. The van der Waals surface area contributed by atoms with E-state index in [1.165, 1.54) is 0 Å². The number of carbonyl (C=O) groups excluding carboxylic acids is 1. The van der Waals surface area contributed by atoms with Crippen LogP contribution in [-0.4, -0.2) is 51.5 Å². The highest BCUT2D eigenvalue weighted by Gasteiger charge is 2.59. The van der Waals surface area contributed by atoms with E-state index in [2.05, 4.69) is 13.8 Å². The number of amides is 1. The van der Waals surface area contributed by atoms with Crippen molar-refractivity contribution in [1.82, 2.24) is 4.90 Å². The standard InChI is InChI=1S/C19H33NO5/c1-13-10-14(2)12-18(11-13,15(21)22)19(24)6-8-20(9-7-19)16(23)25-17(3,4)5/h13-14,24H,6-12H2,1-5H3,(H,21,22). The van der Waals surface area contributed by atoms with Gasteiger partial charge in [-0.2, -0.15) is 0 Å². The Labute approximate surface area is 150 Å². The van der Waals surface area contributed by atoms with E-state index in [1.54, 1.807) is 4.90 Å². The van der Waals surface area contributed by atoms with Crippen LogP contribution in [0.4, 0.5) is 4.79 Å². The molecule has 0 bridgehead atoms. The Bertz CT molecular complexity index is 506. The second-order valence-electron chi connectivity index (χ2n) is 9.24. The van der Waals surface area contributed by atoms with E-state index < -0.39 is 28.7 Å². The van der Waals surface area contributed by atoms with Gasteiger partial charge >= 0.3 is 12.1 Å². The van der Waals surface area contributed by atoms with E-state index in [-0.39, 0.29) is 24.7 Å². The van der Waals surface area contributed by atoms with Gasteiger partial charge in [-0.25, -0.2) is 4.79 Å². The van der Waals surface area contributed by atoms with Crippen LogP contribution in [0, 0.1) is 17.3 Å². The zero-order valence-corrected chi connectivity index (χ0v) is 16.2. The van der Waals surface area contributed by atoms with Crippen LogP contribution in [0.15, 0.2) is 0 Å². The molecular weight excluding hydrogens is 322 g/mol. The van der Waals surface area contributed by atoms with E-state index in [0.717, 1.165) is 6.42 Å². The van der Waals surface area contributed by atoms with Crippen LogP contribution in [0.1, 0.15) is 66.7 Å². The van der Waals surface area contributed by atoms with Crippen molar-refractivity contribution in [2.45, 2.75) is 77.9 Å². The highest BCUT2D eigenvalue weighted by atomic mass is 16.6. The SMILES string of the molecule is CC1CC(C)CC(C(=O)O)(C2(O)CCN(C(=O)OC(C)(C)C)CC2)C1. The average Bonchev–Trinajstić information content (AvgIpc) is 2.44. The predicted molar refractivity (Wildman–Crippen MR) is 94.2 cm³/mol. The number of rotatable bonds is 2. The van der Waals surface area contributed by atoms with Gasteiger partial charge in [0, 0.05) is 13.1 Å². The molecule has 1 amide bonds. The summed E-state index contributed by atoms with van der Waals surface area (Å²) in [6, 6.07) is 0. The van der Waals surface area contributed by atoms with Gasteiger partial charge in [-0.3, -0.25) is 4.79 Å². The van der Waals surface area contributed by atoms with Crippen LogP contribution in [0.3, 0.4) is 0 Å². The van der Waals surface area contributed by atoms with E-state index in [9.17, 15) is 19.8 Å². The molecule has 1 saturated carbocycles. The van der Waals surface area contributed by atoms with E-state index in [0.29, 0.717) is 25.9 Å². The third-order valence-electron chi connectivity index (χ3n) is 5.74. The lowest BCUT2D eigenvalue weighted by Gasteiger charge is -2.52. The number of aliphatic hydroxyl groups is 1. The summed E-state index contributed by atoms with van der Waals surface area (Å²) in [6.45, 7) is 10.2. The van der Waals surface area contributed by atoms with Crippen molar-refractivity contribution in [3.8, 4) is 0 Å². The maximum atomic E-state index is 12.2. The molecule has 1 aliphatic carbocycles. The lowest BCUT2D eigenvalue weighted by atomic mass is 9.56. The molecule has 1 saturated heterocycles. The van der Waals surface area contributed by atoms with Crippen molar-refractivity contribution in [3.63, 3.8) is 0 Å². The Morgan fingerprint density at radius 2 is 1.56 bits per heavy atom. The van der Waals surface area contributed by atoms with E-state index in [4.69, 9.17) is 4.74 Å². The fraction of sp³-hybridized carbons (Fsp3) is 0.895. The minimum atomic E-state index is -1.28. The van der Waals surface area contributed by atoms with Crippen molar-refractivity contribution in [3.05, 3.63) is 0 Å². The number of carboxylic acids is 1. The molecule has 2 aliphatic rings. The molecule has 0 aromatic heterocycles. The van der Waals surface area contributed by atoms with Gasteiger partial charge in [0.15, 0.2) is 0 Å². The molecule has 1 aliphatic heterocycles. The molecule has 2 rings (SSSR count). The van der Waals surface area contributed by atoms with Gasteiger partial charge in [-0.15, -0.1) is 0 Å². The van der Waals surface area contributed by atoms with Gasteiger partial charge in [0.25, 0.3) is 0 Å². The Morgan fingerprint density at radius 3 is 1.96 bits per heavy atom. The normalized spacial score (nSPS) is 33.0. The number of hydrogen-bond acceptors (Lipinski definition) is 4. The molecule has 2 N–H and O–H groups in total. The van der Waals surface area contributed by atoms with Crippen molar-refractivity contribution < 1.29 is 24.5 Å². The smallest absolute Gasteiger partial charge is 0.410 e. The largest absolute Gasteiger partial charge is 0.481 e. The number of nitrogens with zero attached hydrogens (tertiary/aromatic N) is 1.